The van der Waals surface area contributed by atoms with Gasteiger partial charge in [0, 0.05) is 24.1 Å². The molecule has 0 aliphatic rings. The van der Waals surface area contributed by atoms with Gasteiger partial charge in [-0.2, -0.15) is 4.37 Å². The first-order valence-electron chi connectivity index (χ1n) is 4.45. The molecule has 0 saturated heterocycles. The van der Waals surface area contributed by atoms with E-state index in [1.807, 2.05) is 0 Å². The average Bonchev–Trinajstić information content (AvgIpc) is 2.55. The van der Waals surface area contributed by atoms with Crippen LogP contribution in [-0.2, 0) is 0 Å². The van der Waals surface area contributed by atoms with E-state index in [-0.39, 0.29) is 0 Å². The minimum absolute atomic E-state index is 0.313. The Balaban J connectivity index is 2.40. The molecule has 0 aliphatic heterocycles. The fourth-order valence-corrected chi connectivity index (χ4v) is 1.70. The molecule has 1 atom stereocenters. The fraction of sp³-hybridized carbons (Fsp3) is 0.750. The highest BCUT2D eigenvalue weighted by atomic mass is 32.1. The van der Waals surface area contributed by atoms with Crippen molar-refractivity contribution in [3.05, 3.63) is 6.33 Å². The molecule has 1 aromatic heterocycles. The molecule has 0 amide bonds. The highest BCUT2D eigenvalue weighted by molar-refractivity contribution is 7.09. The molecule has 0 saturated carbocycles. The summed E-state index contributed by atoms with van der Waals surface area (Å²) in [6.45, 7) is 5.01. The van der Waals surface area contributed by atoms with Gasteiger partial charge in [-0.3, -0.25) is 0 Å². The summed E-state index contributed by atoms with van der Waals surface area (Å²) in [6, 6.07) is 0.313. The Morgan fingerprint density at radius 2 is 2.38 bits per heavy atom. The number of rotatable bonds is 5. The molecule has 1 aromatic rings. The molecule has 0 bridgehead atoms. The molecule has 0 spiro atoms. The van der Waals surface area contributed by atoms with E-state index < -0.39 is 0 Å². The third-order valence-corrected chi connectivity index (χ3v) is 2.33. The monoisotopic (exact) mass is 200 g/mol. The molecular formula is C8H16N4S. The van der Waals surface area contributed by atoms with Crippen LogP contribution in [0.4, 0.5) is 5.13 Å². The van der Waals surface area contributed by atoms with Gasteiger partial charge in [-0.05, 0) is 12.3 Å². The van der Waals surface area contributed by atoms with Gasteiger partial charge in [-0.1, -0.05) is 13.8 Å². The second-order valence-electron chi connectivity index (χ2n) is 3.45. The average molecular weight is 200 g/mol. The molecule has 1 unspecified atom stereocenters. The van der Waals surface area contributed by atoms with Gasteiger partial charge < -0.3 is 11.1 Å². The minimum Gasteiger partial charge on any atom is -0.356 e. The van der Waals surface area contributed by atoms with E-state index in [4.69, 9.17) is 5.73 Å². The normalized spacial score (nSPS) is 13.2. The van der Waals surface area contributed by atoms with Gasteiger partial charge in [0.25, 0.3) is 0 Å². The summed E-state index contributed by atoms with van der Waals surface area (Å²) < 4.78 is 3.92. The summed E-state index contributed by atoms with van der Waals surface area (Å²) in [4.78, 5) is 4.05. The lowest BCUT2D eigenvalue weighted by Gasteiger charge is -2.17. The van der Waals surface area contributed by atoms with Gasteiger partial charge in [0.05, 0.1) is 0 Å². The van der Waals surface area contributed by atoms with E-state index in [9.17, 15) is 0 Å². The molecule has 0 fully saturated rings. The Labute approximate surface area is 82.7 Å². The number of anilines is 1. The maximum Gasteiger partial charge on any atom is 0.202 e. The Morgan fingerprint density at radius 1 is 1.62 bits per heavy atom. The highest BCUT2D eigenvalue weighted by Gasteiger charge is 2.09. The molecule has 1 heterocycles. The van der Waals surface area contributed by atoms with E-state index >= 15 is 0 Å². The summed E-state index contributed by atoms with van der Waals surface area (Å²) in [7, 11) is 0. The zero-order valence-electron chi connectivity index (χ0n) is 8.03. The molecular weight excluding hydrogens is 184 g/mol. The van der Waals surface area contributed by atoms with Crippen LogP contribution in [0, 0.1) is 5.92 Å². The fourth-order valence-electron chi connectivity index (χ4n) is 1.19. The van der Waals surface area contributed by atoms with Crippen molar-refractivity contribution in [2.24, 2.45) is 11.7 Å². The van der Waals surface area contributed by atoms with Crippen LogP contribution < -0.4 is 11.1 Å². The maximum absolute atomic E-state index is 5.63. The van der Waals surface area contributed by atoms with Gasteiger partial charge >= 0.3 is 0 Å². The van der Waals surface area contributed by atoms with Crippen LogP contribution in [0.15, 0.2) is 6.33 Å². The smallest absolute Gasteiger partial charge is 0.202 e. The molecule has 1 rings (SSSR count). The first-order valence-corrected chi connectivity index (χ1v) is 5.23. The first kappa shape index (κ1) is 10.4. The predicted molar refractivity (Wildman–Crippen MR) is 55.8 cm³/mol. The first-order chi connectivity index (χ1) is 6.22. The second kappa shape index (κ2) is 5.14. The number of hydrogen-bond acceptors (Lipinski definition) is 5. The number of nitrogens with one attached hydrogen (secondary N) is 1. The van der Waals surface area contributed by atoms with Crippen molar-refractivity contribution in [2.75, 3.05) is 11.9 Å². The Bertz CT molecular complexity index is 222. The van der Waals surface area contributed by atoms with Gasteiger partial charge in [-0.15, -0.1) is 0 Å². The highest BCUT2D eigenvalue weighted by Crippen LogP contribution is 2.12. The molecule has 0 radical (unpaired) electrons. The lowest BCUT2D eigenvalue weighted by atomic mass is 10.0. The largest absolute Gasteiger partial charge is 0.356 e. The van der Waals surface area contributed by atoms with Crippen molar-refractivity contribution < 1.29 is 0 Å². The van der Waals surface area contributed by atoms with Crippen LogP contribution in [0.25, 0.3) is 0 Å². The van der Waals surface area contributed by atoms with Gasteiger partial charge in [0.2, 0.25) is 5.13 Å². The van der Waals surface area contributed by atoms with Gasteiger partial charge in [0.15, 0.2) is 0 Å². The van der Waals surface area contributed by atoms with Crippen LogP contribution in [0.1, 0.15) is 20.3 Å². The molecule has 13 heavy (non-hydrogen) atoms. The van der Waals surface area contributed by atoms with Crippen LogP contribution in [0.3, 0.4) is 0 Å². The Kier molecular flexibility index (Phi) is 4.11. The summed E-state index contributed by atoms with van der Waals surface area (Å²) in [5, 5.41) is 4.12. The third kappa shape index (κ3) is 3.69. The SMILES string of the molecule is CC(C)CC(CN)Nc1ncns1. The van der Waals surface area contributed by atoms with Crippen LogP contribution in [-0.4, -0.2) is 21.9 Å². The molecule has 0 aromatic carbocycles. The summed E-state index contributed by atoms with van der Waals surface area (Å²) in [6.07, 6.45) is 2.62. The van der Waals surface area contributed by atoms with E-state index in [0.717, 1.165) is 11.6 Å². The Morgan fingerprint density at radius 3 is 2.85 bits per heavy atom. The Hall–Kier alpha value is -0.680. The molecule has 4 nitrogen and oxygen atoms in total. The summed E-state index contributed by atoms with van der Waals surface area (Å²) in [5.74, 6) is 0.647. The predicted octanol–water partition coefficient (Wildman–Crippen LogP) is 1.32. The summed E-state index contributed by atoms with van der Waals surface area (Å²) in [5.41, 5.74) is 5.63. The lowest BCUT2D eigenvalue weighted by molar-refractivity contribution is 0.522. The van der Waals surface area contributed by atoms with E-state index in [2.05, 4.69) is 28.5 Å². The molecule has 74 valence electrons. The van der Waals surface area contributed by atoms with Crippen molar-refractivity contribution in [2.45, 2.75) is 26.3 Å². The number of nitrogens with zero attached hydrogens (tertiary/aromatic N) is 2. The quantitative estimate of drug-likeness (QED) is 0.752. The standard InChI is InChI=1S/C8H16N4S/c1-6(2)3-7(4-9)12-8-10-5-11-13-8/h5-7H,3-4,9H2,1-2H3,(H,10,11,12). The molecule has 3 N–H and O–H groups in total. The van der Waals surface area contributed by atoms with E-state index in [0.29, 0.717) is 18.5 Å². The van der Waals surface area contributed by atoms with Crippen LogP contribution in [0.5, 0.6) is 0 Å². The second-order valence-corrected chi connectivity index (χ2v) is 4.23. The topological polar surface area (TPSA) is 63.8 Å². The van der Waals surface area contributed by atoms with E-state index in [1.165, 1.54) is 11.5 Å². The van der Waals surface area contributed by atoms with E-state index in [1.54, 1.807) is 6.33 Å². The summed E-state index contributed by atoms with van der Waals surface area (Å²) >= 11 is 1.37. The molecule has 0 aliphatic carbocycles. The number of aromatic nitrogens is 2. The minimum atomic E-state index is 0.313. The maximum atomic E-state index is 5.63. The van der Waals surface area contributed by atoms with Crippen molar-refractivity contribution in [3.63, 3.8) is 0 Å². The third-order valence-electron chi connectivity index (χ3n) is 1.73. The van der Waals surface area contributed by atoms with Crippen LogP contribution >= 0.6 is 11.5 Å². The van der Waals surface area contributed by atoms with Crippen molar-refractivity contribution in [3.8, 4) is 0 Å². The van der Waals surface area contributed by atoms with Crippen molar-refractivity contribution >= 4 is 16.7 Å². The zero-order valence-corrected chi connectivity index (χ0v) is 8.84. The van der Waals surface area contributed by atoms with Gasteiger partial charge in [0.1, 0.15) is 6.33 Å². The molecule has 5 heteroatoms. The van der Waals surface area contributed by atoms with Crippen LogP contribution in [0.2, 0.25) is 0 Å². The zero-order chi connectivity index (χ0) is 9.68. The van der Waals surface area contributed by atoms with Crippen molar-refractivity contribution in [1.82, 2.24) is 9.36 Å². The van der Waals surface area contributed by atoms with Gasteiger partial charge in [-0.25, -0.2) is 4.98 Å². The lowest BCUT2D eigenvalue weighted by Crippen LogP contribution is -2.30. The number of hydrogen-bond donors (Lipinski definition) is 2. The van der Waals surface area contributed by atoms with Crippen molar-refractivity contribution in [1.29, 1.82) is 0 Å². The number of nitrogens with two attached hydrogens (primary N) is 1.